The molecule has 6 nitrogen and oxygen atoms in total. The lowest BCUT2D eigenvalue weighted by Gasteiger charge is -2.12. The number of carbonyl (C=O) groups is 1. The molecule has 0 unspecified atom stereocenters. The van der Waals surface area contributed by atoms with Gasteiger partial charge in [-0.05, 0) is 43.7 Å². The highest BCUT2D eigenvalue weighted by atomic mass is 32.2. The second kappa shape index (κ2) is 6.70. The Hall–Kier alpha value is -2.54. The topological polar surface area (TPSA) is 87.3 Å². The lowest BCUT2D eigenvalue weighted by Crippen LogP contribution is -2.19. The summed E-state index contributed by atoms with van der Waals surface area (Å²) in [6.45, 7) is 3.75. The molecule has 0 saturated heterocycles. The van der Waals surface area contributed by atoms with E-state index < -0.39 is 16.1 Å². The number of urea groups is 1. The zero-order valence-electron chi connectivity index (χ0n) is 13.2. The fraction of sp³-hybridized carbons (Fsp3) is 0.188. The van der Waals surface area contributed by atoms with Crippen LogP contribution in [0, 0.1) is 13.8 Å². The van der Waals surface area contributed by atoms with Gasteiger partial charge in [0.05, 0.1) is 11.9 Å². The molecule has 2 rings (SSSR count). The molecule has 0 aromatic heterocycles. The number of benzene rings is 2. The van der Waals surface area contributed by atoms with Gasteiger partial charge in [-0.2, -0.15) is 0 Å². The smallest absolute Gasteiger partial charge is 0.308 e. The van der Waals surface area contributed by atoms with E-state index in [9.17, 15) is 13.2 Å². The predicted octanol–water partition coefficient (Wildman–Crippen LogP) is 3.32. The first-order valence-electron chi connectivity index (χ1n) is 6.96. The van der Waals surface area contributed by atoms with Crippen LogP contribution in [0.5, 0.6) is 0 Å². The molecule has 0 aliphatic carbocycles. The number of sulfonamides is 1. The number of amides is 2. The van der Waals surface area contributed by atoms with E-state index >= 15 is 0 Å². The van der Waals surface area contributed by atoms with Gasteiger partial charge in [-0.3, -0.25) is 4.72 Å². The normalized spacial score (nSPS) is 10.9. The van der Waals surface area contributed by atoms with Crippen molar-refractivity contribution < 1.29 is 13.2 Å². The number of nitrogens with one attached hydrogen (secondary N) is 3. The minimum atomic E-state index is -3.38. The van der Waals surface area contributed by atoms with E-state index in [1.165, 1.54) is 0 Å². The van der Waals surface area contributed by atoms with Gasteiger partial charge in [-0.1, -0.05) is 23.8 Å². The Bertz CT molecular complexity index is 815. The highest BCUT2D eigenvalue weighted by Crippen LogP contribution is 2.21. The average Bonchev–Trinajstić information content (AvgIpc) is 2.43. The molecule has 2 aromatic rings. The molecule has 122 valence electrons. The number of aryl methyl sites for hydroxylation is 2. The van der Waals surface area contributed by atoms with Crippen LogP contribution in [0.4, 0.5) is 21.9 Å². The zero-order valence-corrected chi connectivity index (χ0v) is 14.0. The summed E-state index contributed by atoms with van der Waals surface area (Å²) in [5, 5.41) is 5.38. The van der Waals surface area contributed by atoms with Gasteiger partial charge >= 0.3 is 6.03 Å². The highest BCUT2D eigenvalue weighted by molar-refractivity contribution is 7.92. The molecule has 0 aliphatic rings. The number of carbonyl (C=O) groups excluding carboxylic acids is 1. The average molecular weight is 333 g/mol. The summed E-state index contributed by atoms with van der Waals surface area (Å²) < 4.78 is 25.1. The molecule has 23 heavy (non-hydrogen) atoms. The summed E-state index contributed by atoms with van der Waals surface area (Å²) in [6, 6.07) is 12.0. The Morgan fingerprint density at radius 2 is 1.48 bits per heavy atom. The van der Waals surface area contributed by atoms with Crippen molar-refractivity contribution in [2.45, 2.75) is 13.8 Å². The SMILES string of the molecule is Cc1ccc(NC(=O)Nc2ccc(C)c(NS(C)(=O)=O)c2)cc1. The van der Waals surface area contributed by atoms with Crippen molar-refractivity contribution in [1.29, 1.82) is 0 Å². The van der Waals surface area contributed by atoms with Crippen LogP contribution in [0.3, 0.4) is 0 Å². The molecule has 0 bridgehead atoms. The molecule has 0 fully saturated rings. The fourth-order valence-corrected chi connectivity index (χ4v) is 2.56. The van der Waals surface area contributed by atoms with E-state index in [1.54, 1.807) is 37.3 Å². The first kappa shape index (κ1) is 16.8. The van der Waals surface area contributed by atoms with E-state index in [0.29, 0.717) is 17.1 Å². The molecular weight excluding hydrogens is 314 g/mol. The molecule has 2 amide bonds. The minimum Gasteiger partial charge on any atom is -0.308 e. The lowest BCUT2D eigenvalue weighted by atomic mass is 10.2. The van der Waals surface area contributed by atoms with Crippen LogP contribution in [-0.2, 0) is 10.0 Å². The van der Waals surface area contributed by atoms with Crippen molar-refractivity contribution in [1.82, 2.24) is 0 Å². The maximum Gasteiger partial charge on any atom is 0.323 e. The van der Waals surface area contributed by atoms with Crippen molar-refractivity contribution in [2.24, 2.45) is 0 Å². The van der Waals surface area contributed by atoms with Crippen LogP contribution in [0.1, 0.15) is 11.1 Å². The van der Waals surface area contributed by atoms with E-state index in [-0.39, 0.29) is 0 Å². The van der Waals surface area contributed by atoms with Gasteiger partial charge in [-0.25, -0.2) is 13.2 Å². The van der Waals surface area contributed by atoms with Gasteiger partial charge in [-0.15, -0.1) is 0 Å². The monoisotopic (exact) mass is 333 g/mol. The first-order chi connectivity index (χ1) is 10.7. The van der Waals surface area contributed by atoms with Crippen molar-refractivity contribution in [3.05, 3.63) is 53.6 Å². The third-order valence-electron chi connectivity index (χ3n) is 3.10. The zero-order chi connectivity index (χ0) is 17.0. The van der Waals surface area contributed by atoms with Gasteiger partial charge in [0, 0.05) is 11.4 Å². The summed E-state index contributed by atoms with van der Waals surface area (Å²) in [5.41, 5.74) is 3.47. The summed E-state index contributed by atoms with van der Waals surface area (Å²) in [4.78, 5) is 12.0. The number of rotatable bonds is 4. The Kier molecular flexibility index (Phi) is 4.90. The molecule has 0 saturated carbocycles. The summed E-state index contributed by atoms with van der Waals surface area (Å²) >= 11 is 0. The van der Waals surface area contributed by atoms with E-state index in [2.05, 4.69) is 15.4 Å². The van der Waals surface area contributed by atoms with Crippen molar-refractivity contribution in [3.63, 3.8) is 0 Å². The summed E-state index contributed by atoms with van der Waals surface area (Å²) in [6.07, 6.45) is 1.08. The van der Waals surface area contributed by atoms with Crippen molar-refractivity contribution >= 4 is 33.1 Å². The first-order valence-corrected chi connectivity index (χ1v) is 8.85. The number of anilines is 3. The van der Waals surface area contributed by atoms with Crippen LogP contribution in [0.15, 0.2) is 42.5 Å². The highest BCUT2D eigenvalue weighted by Gasteiger charge is 2.08. The van der Waals surface area contributed by atoms with Gasteiger partial charge in [0.1, 0.15) is 0 Å². The summed E-state index contributed by atoms with van der Waals surface area (Å²) in [5.74, 6) is 0. The molecule has 0 radical (unpaired) electrons. The van der Waals surface area contributed by atoms with E-state index in [1.807, 2.05) is 19.1 Å². The van der Waals surface area contributed by atoms with Crippen molar-refractivity contribution in [2.75, 3.05) is 21.6 Å². The Morgan fingerprint density at radius 3 is 2.09 bits per heavy atom. The van der Waals surface area contributed by atoms with Crippen molar-refractivity contribution in [3.8, 4) is 0 Å². The standard InChI is InChI=1S/C16H19N3O3S/c1-11-4-7-13(8-5-11)17-16(20)18-14-9-6-12(2)15(10-14)19-23(3,21)22/h4-10,19H,1-3H3,(H2,17,18,20). The Labute approximate surface area is 136 Å². The van der Waals surface area contributed by atoms with Gasteiger partial charge in [0.15, 0.2) is 0 Å². The number of hydrogen-bond acceptors (Lipinski definition) is 3. The Balaban J connectivity index is 2.09. The van der Waals surface area contributed by atoms with Crippen LogP contribution in [-0.4, -0.2) is 20.7 Å². The minimum absolute atomic E-state index is 0.400. The van der Waals surface area contributed by atoms with Crippen LogP contribution in [0.2, 0.25) is 0 Å². The summed E-state index contributed by atoms with van der Waals surface area (Å²) in [7, 11) is -3.38. The molecule has 0 heterocycles. The third kappa shape index (κ3) is 5.30. The van der Waals surface area contributed by atoms with Gasteiger partial charge < -0.3 is 10.6 Å². The largest absolute Gasteiger partial charge is 0.323 e. The quantitative estimate of drug-likeness (QED) is 0.802. The molecule has 0 aliphatic heterocycles. The van der Waals surface area contributed by atoms with Gasteiger partial charge in [0.25, 0.3) is 0 Å². The predicted molar refractivity (Wildman–Crippen MR) is 93.5 cm³/mol. The Morgan fingerprint density at radius 1 is 0.913 bits per heavy atom. The van der Waals surface area contributed by atoms with Crippen LogP contribution < -0.4 is 15.4 Å². The molecule has 7 heteroatoms. The lowest BCUT2D eigenvalue weighted by molar-refractivity contribution is 0.262. The van der Waals surface area contributed by atoms with Gasteiger partial charge in [0.2, 0.25) is 10.0 Å². The molecule has 0 spiro atoms. The molecule has 2 aromatic carbocycles. The van der Waals surface area contributed by atoms with Crippen LogP contribution >= 0.6 is 0 Å². The maximum atomic E-state index is 12.0. The fourth-order valence-electron chi connectivity index (χ4n) is 1.94. The second-order valence-electron chi connectivity index (χ2n) is 5.35. The molecule has 0 atom stereocenters. The van der Waals surface area contributed by atoms with E-state index in [0.717, 1.165) is 17.4 Å². The maximum absolute atomic E-state index is 12.0. The molecule has 3 N–H and O–H groups in total. The third-order valence-corrected chi connectivity index (χ3v) is 3.69. The van der Waals surface area contributed by atoms with E-state index in [4.69, 9.17) is 0 Å². The van der Waals surface area contributed by atoms with Crippen LogP contribution in [0.25, 0.3) is 0 Å². The number of hydrogen-bond donors (Lipinski definition) is 3. The molecular formula is C16H19N3O3S. The second-order valence-corrected chi connectivity index (χ2v) is 7.10.